The molecule has 3 aromatic rings. The van der Waals surface area contributed by atoms with Gasteiger partial charge in [0.05, 0.1) is 12.7 Å². The summed E-state index contributed by atoms with van der Waals surface area (Å²) in [7, 11) is 0. The molecule has 2 atom stereocenters. The van der Waals surface area contributed by atoms with Crippen LogP contribution in [0.15, 0.2) is 78.9 Å². The maximum absolute atomic E-state index is 14.3. The molecule has 4 amide bonds. The summed E-state index contributed by atoms with van der Waals surface area (Å²) in [5.41, 5.74) is 2.75. The molecule has 2 saturated heterocycles. The van der Waals surface area contributed by atoms with Crippen LogP contribution in [0.2, 0.25) is 5.02 Å². The van der Waals surface area contributed by atoms with Crippen LogP contribution in [0.3, 0.4) is 0 Å². The fourth-order valence-electron chi connectivity index (χ4n) is 7.24. The number of hydrogen-bond acceptors (Lipinski definition) is 6. The van der Waals surface area contributed by atoms with Crippen LogP contribution in [0.1, 0.15) is 50.3 Å². The number of carbonyl (C=O) groups excluding carboxylic acids is 4. The van der Waals surface area contributed by atoms with Crippen molar-refractivity contribution in [3.05, 3.63) is 101 Å². The molecular weight excluding hydrogens is 640 g/mol. The van der Waals surface area contributed by atoms with Crippen molar-refractivity contribution in [2.24, 2.45) is 0 Å². The number of benzene rings is 3. The van der Waals surface area contributed by atoms with E-state index in [-0.39, 0.29) is 36.8 Å². The number of hydrogen-bond donors (Lipinski definition) is 3. The van der Waals surface area contributed by atoms with Crippen molar-refractivity contribution in [2.75, 3.05) is 31.2 Å². The van der Waals surface area contributed by atoms with Crippen LogP contribution in [-0.2, 0) is 38.6 Å². The minimum Gasteiger partial charge on any atom is -0.350 e. The number of carbonyl (C=O) groups is 4. The summed E-state index contributed by atoms with van der Waals surface area (Å²) in [5, 5.41) is 9.96. The van der Waals surface area contributed by atoms with Crippen LogP contribution in [0.4, 0.5) is 5.69 Å². The van der Waals surface area contributed by atoms with Gasteiger partial charge >= 0.3 is 0 Å². The maximum Gasteiger partial charge on any atom is 0.250 e. The fourth-order valence-corrected chi connectivity index (χ4v) is 7.37. The van der Waals surface area contributed by atoms with Crippen molar-refractivity contribution in [1.82, 2.24) is 25.8 Å². The Morgan fingerprint density at radius 3 is 2.27 bits per heavy atom. The van der Waals surface area contributed by atoms with Crippen LogP contribution in [0.25, 0.3) is 0 Å². The number of nitrogens with one attached hydrogen (secondary N) is 3. The second kappa shape index (κ2) is 14.2. The van der Waals surface area contributed by atoms with E-state index in [1.54, 1.807) is 21.9 Å². The van der Waals surface area contributed by atoms with Gasteiger partial charge in [-0.2, -0.15) is 0 Å². The first-order chi connectivity index (χ1) is 23.4. The molecule has 0 radical (unpaired) electrons. The molecule has 3 N–H and O–H groups in total. The molecule has 3 aromatic carbocycles. The van der Waals surface area contributed by atoms with Gasteiger partial charge in [0, 0.05) is 42.3 Å². The highest BCUT2D eigenvalue weighted by Crippen LogP contribution is 2.39. The number of para-hydroxylation sites is 1. The number of fused-ring (bicyclic) bond motifs is 1. The van der Waals surface area contributed by atoms with E-state index < -0.39 is 23.2 Å². The van der Waals surface area contributed by atoms with Gasteiger partial charge in [-0.3, -0.25) is 19.2 Å². The third-order valence-corrected chi connectivity index (χ3v) is 9.95. The SMILES string of the molecule is CC(C)(C)NC(=O)CN1CN(c2ccccc2)C2(CCN(C(=O)C(Cc3ccc(Cl)cc3)NC(=O)C3Cc4ccccc4CN3)CC2)C1=O. The molecule has 0 aliphatic carbocycles. The van der Waals surface area contributed by atoms with Crippen molar-refractivity contribution in [1.29, 1.82) is 0 Å². The van der Waals surface area contributed by atoms with Crippen molar-refractivity contribution in [3.63, 3.8) is 0 Å². The van der Waals surface area contributed by atoms with E-state index >= 15 is 0 Å². The van der Waals surface area contributed by atoms with Crippen LogP contribution in [0.5, 0.6) is 0 Å². The smallest absolute Gasteiger partial charge is 0.250 e. The molecule has 258 valence electrons. The molecule has 3 aliphatic heterocycles. The molecule has 3 aliphatic rings. The van der Waals surface area contributed by atoms with E-state index in [0.717, 1.165) is 16.8 Å². The van der Waals surface area contributed by atoms with Gasteiger partial charge in [0.2, 0.25) is 17.7 Å². The average Bonchev–Trinajstić information content (AvgIpc) is 3.34. The zero-order chi connectivity index (χ0) is 34.8. The lowest BCUT2D eigenvalue weighted by Gasteiger charge is -2.44. The van der Waals surface area contributed by atoms with Crippen LogP contribution < -0.4 is 20.9 Å². The Hall–Kier alpha value is -4.41. The minimum atomic E-state index is -0.894. The first kappa shape index (κ1) is 34.5. The summed E-state index contributed by atoms with van der Waals surface area (Å²) in [5.74, 6) is -0.731. The van der Waals surface area contributed by atoms with Crippen molar-refractivity contribution >= 4 is 40.9 Å². The van der Waals surface area contributed by atoms with Crippen molar-refractivity contribution in [3.8, 4) is 0 Å². The fraction of sp³-hybridized carbons (Fsp3) is 0.421. The lowest BCUT2D eigenvalue weighted by atomic mass is 9.85. The van der Waals surface area contributed by atoms with Gasteiger partial charge in [-0.25, -0.2) is 0 Å². The highest BCUT2D eigenvalue weighted by atomic mass is 35.5. The second-order valence-electron chi connectivity index (χ2n) is 14.4. The Morgan fingerprint density at radius 1 is 0.939 bits per heavy atom. The molecule has 2 fully saturated rings. The standard InChI is InChI=1S/C38H45ClN6O4/c1-37(2,3)42-33(46)24-44-25-45(30-11-5-4-6-12-30)38(36(44)49)17-19-43(20-18-38)35(48)32(21-26-13-15-29(39)16-14-26)41-34(47)31-22-27-9-7-8-10-28(27)23-40-31/h4-16,31-32,40H,17-25H2,1-3H3,(H,41,47)(H,42,46). The number of amides is 4. The van der Waals surface area contributed by atoms with Gasteiger partial charge in [0.25, 0.3) is 5.91 Å². The number of nitrogens with zero attached hydrogens (tertiary/aromatic N) is 3. The first-order valence-corrected chi connectivity index (χ1v) is 17.4. The third-order valence-electron chi connectivity index (χ3n) is 9.70. The lowest BCUT2D eigenvalue weighted by Crippen LogP contribution is -2.61. The summed E-state index contributed by atoms with van der Waals surface area (Å²) in [6, 6.07) is 23.8. The van der Waals surface area contributed by atoms with E-state index in [2.05, 4.69) is 26.9 Å². The highest BCUT2D eigenvalue weighted by molar-refractivity contribution is 6.30. The Balaban J connectivity index is 1.19. The second-order valence-corrected chi connectivity index (χ2v) is 14.8. The number of piperidine rings is 1. The Kier molecular flexibility index (Phi) is 9.99. The number of anilines is 1. The third kappa shape index (κ3) is 7.76. The van der Waals surface area contributed by atoms with Crippen LogP contribution in [-0.4, -0.2) is 82.9 Å². The number of halogens is 1. The Labute approximate surface area is 293 Å². The van der Waals surface area contributed by atoms with Gasteiger partial charge in [-0.05, 0) is 81.0 Å². The van der Waals surface area contributed by atoms with Gasteiger partial charge < -0.3 is 30.7 Å². The molecule has 49 heavy (non-hydrogen) atoms. The Morgan fingerprint density at radius 2 is 1.59 bits per heavy atom. The first-order valence-electron chi connectivity index (χ1n) is 17.0. The highest BCUT2D eigenvalue weighted by Gasteiger charge is 2.54. The largest absolute Gasteiger partial charge is 0.350 e. The number of likely N-dealkylation sites (tertiary alicyclic amines) is 1. The van der Waals surface area contributed by atoms with E-state index in [4.69, 9.17) is 11.6 Å². The molecule has 6 rings (SSSR count). The molecule has 0 aromatic heterocycles. The summed E-state index contributed by atoms with van der Waals surface area (Å²) in [4.78, 5) is 60.5. The zero-order valence-corrected chi connectivity index (χ0v) is 29.1. The summed E-state index contributed by atoms with van der Waals surface area (Å²) in [6.45, 7) is 7.21. The maximum atomic E-state index is 14.3. The monoisotopic (exact) mass is 684 g/mol. The summed E-state index contributed by atoms with van der Waals surface area (Å²) in [6.07, 6.45) is 1.63. The van der Waals surface area contributed by atoms with Crippen LogP contribution >= 0.6 is 11.6 Å². The van der Waals surface area contributed by atoms with Gasteiger partial charge in [0.1, 0.15) is 18.1 Å². The molecule has 3 heterocycles. The van der Waals surface area contributed by atoms with E-state index in [1.807, 2.05) is 81.4 Å². The zero-order valence-electron chi connectivity index (χ0n) is 28.4. The van der Waals surface area contributed by atoms with Crippen molar-refractivity contribution in [2.45, 2.75) is 76.2 Å². The summed E-state index contributed by atoms with van der Waals surface area (Å²) >= 11 is 6.14. The van der Waals surface area contributed by atoms with E-state index in [0.29, 0.717) is 50.3 Å². The molecule has 1 spiro atoms. The minimum absolute atomic E-state index is 0.0429. The van der Waals surface area contributed by atoms with E-state index in [1.165, 1.54) is 5.56 Å². The van der Waals surface area contributed by atoms with Gasteiger partial charge in [-0.1, -0.05) is 66.2 Å². The molecule has 10 nitrogen and oxygen atoms in total. The van der Waals surface area contributed by atoms with Gasteiger partial charge in [0.15, 0.2) is 0 Å². The average molecular weight is 685 g/mol. The van der Waals surface area contributed by atoms with Gasteiger partial charge in [-0.15, -0.1) is 0 Å². The predicted octanol–water partition coefficient (Wildman–Crippen LogP) is 3.66. The topological polar surface area (TPSA) is 114 Å². The molecule has 11 heteroatoms. The molecule has 2 unspecified atom stereocenters. The predicted molar refractivity (Wildman–Crippen MR) is 190 cm³/mol. The normalized spacial score (nSPS) is 19.4. The summed E-state index contributed by atoms with van der Waals surface area (Å²) < 4.78 is 0. The molecule has 0 bridgehead atoms. The van der Waals surface area contributed by atoms with Crippen molar-refractivity contribution < 1.29 is 19.2 Å². The lowest BCUT2D eigenvalue weighted by molar-refractivity contribution is -0.141. The quantitative estimate of drug-likeness (QED) is 0.334. The van der Waals surface area contributed by atoms with E-state index in [9.17, 15) is 19.2 Å². The molecule has 0 saturated carbocycles. The Bertz CT molecular complexity index is 1680. The number of rotatable bonds is 8. The molecular formula is C38H45ClN6O4. The van der Waals surface area contributed by atoms with Crippen LogP contribution in [0, 0.1) is 0 Å².